The summed E-state index contributed by atoms with van der Waals surface area (Å²) < 4.78 is 59.1. The summed E-state index contributed by atoms with van der Waals surface area (Å²) in [6.45, 7) is 0.397. The van der Waals surface area contributed by atoms with Crippen LogP contribution in [0.5, 0.6) is 0 Å². The van der Waals surface area contributed by atoms with Gasteiger partial charge in [0.15, 0.2) is 0 Å². The number of alkyl halides is 3. The molecule has 5 nitrogen and oxygen atoms in total. The number of amides is 1. The first-order chi connectivity index (χ1) is 9.14. The van der Waals surface area contributed by atoms with E-state index in [0.29, 0.717) is 18.7 Å². The molecule has 0 saturated carbocycles. The number of hydrogen-bond donors (Lipinski definition) is 2. The molecule has 112 valence electrons. The maximum Gasteiger partial charge on any atom is 0.501 e. The van der Waals surface area contributed by atoms with Crippen LogP contribution in [0, 0.1) is 0 Å². The first-order valence-electron chi connectivity index (χ1n) is 5.58. The predicted molar refractivity (Wildman–Crippen MR) is 66.6 cm³/mol. The van der Waals surface area contributed by atoms with Crippen LogP contribution in [0.4, 0.5) is 18.9 Å². The molecule has 0 unspecified atom stereocenters. The summed E-state index contributed by atoms with van der Waals surface area (Å²) in [5, 5.41) is 2.83. The topological polar surface area (TPSA) is 89.3 Å². The molecule has 0 heterocycles. The zero-order valence-electron chi connectivity index (χ0n) is 10.3. The summed E-state index contributed by atoms with van der Waals surface area (Å²) in [5.74, 6) is -0.446. The highest BCUT2D eigenvalue weighted by Gasteiger charge is 2.46. The normalized spacial score (nSPS) is 12.2. The van der Waals surface area contributed by atoms with E-state index in [1.165, 1.54) is 12.1 Å². The zero-order valence-corrected chi connectivity index (χ0v) is 11.1. The van der Waals surface area contributed by atoms with Crippen molar-refractivity contribution < 1.29 is 26.4 Å². The standard InChI is InChI=1S/C11H13F3N2O3S/c12-11(13,14)20(18,19)9-5-3-8(4-6-9)16-7-1-2-10(15)17/h3-6,16H,1-2,7H2,(H2,15,17). The van der Waals surface area contributed by atoms with E-state index in [2.05, 4.69) is 5.32 Å². The van der Waals surface area contributed by atoms with Crippen molar-refractivity contribution in [3.05, 3.63) is 24.3 Å². The molecule has 0 spiro atoms. The number of carbonyl (C=O) groups excluding carboxylic acids is 1. The van der Waals surface area contributed by atoms with Crippen LogP contribution >= 0.6 is 0 Å². The molecule has 0 atom stereocenters. The Hall–Kier alpha value is -1.77. The molecule has 0 aliphatic carbocycles. The molecular formula is C11H13F3N2O3S. The Balaban J connectivity index is 2.68. The minimum atomic E-state index is -5.32. The second kappa shape index (κ2) is 6.12. The number of nitrogens with one attached hydrogen (secondary N) is 1. The van der Waals surface area contributed by atoms with Gasteiger partial charge in [0, 0.05) is 18.7 Å². The number of benzene rings is 1. The van der Waals surface area contributed by atoms with Crippen molar-refractivity contribution in [2.24, 2.45) is 5.73 Å². The van der Waals surface area contributed by atoms with Crippen molar-refractivity contribution in [2.45, 2.75) is 23.2 Å². The molecule has 9 heteroatoms. The van der Waals surface area contributed by atoms with E-state index in [0.717, 1.165) is 12.1 Å². The Morgan fingerprint density at radius 1 is 1.20 bits per heavy atom. The maximum absolute atomic E-state index is 12.3. The minimum Gasteiger partial charge on any atom is -0.385 e. The van der Waals surface area contributed by atoms with E-state index in [9.17, 15) is 26.4 Å². The third-order valence-corrected chi connectivity index (χ3v) is 3.90. The van der Waals surface area contributed by atoms with Crippen LogP contribution in [0.15, 0.2) is 29.2 Å². The highest BCUT2D eigenvalue weighted by atomic mass is 32.2. The summed E-state index contributed by atoms with van der Waals surface area (Å²) in [7, 11) is -5.32. The van der Waals surface area contributed by atoms with Gasteiger partial charge in [-0.05, 0) is 30.7 Å². The lowest BCUT2D eigenvalue weighted by molar-refractivity contribution is -0.118. The van der Waals surface area contributed by atoms with Gasteiger partial charge in [0.1, 0.15) is 0 Å². The van der Waals surface area contributed by atoms with Crippen LogP contribution in [-0.4, -0.2) is 26.4 Å². The van der Waals surface area contributed by atoms with Crippen molar-refractivity contribution in [1.82, 2.24) is 0 Å². The minimum absolute atomic E-state index is 0.188. The van der Waals surface area contributed by atoms with Crippen LogP contribution in [-0.2, 0) is 14.6 Å². The van der Waals surface area contributed by atoms with E-state index < -0.39 is 26.1 Å². The Morgan fingerprint density at radius 3 is 2.20 bits per heavy atom. The van der Waals surface area contributed by atoms with Gasteiger partial charge in [-0.3, -0.25) is 4.79 Å². The van der Waals surface area contributed by atoms with Crippen LogP contribution in [0.2, 0.25) is 0 Å². The van der Waals surface area contributed by atoms with Crippen molar-refractivity contribution in [3.8, 4) is 0 Å². The second-order valence-electron chi connectivity index (χ2n) is 3.97. The van der Waals surface area contributed by atoms with Gasteiger partial charge in [0.2, 0.25) is 5.91 Å². The average molecular weight is 310 g/mol. The molecule has 1 rings (SSSR count). The van der Waals surface area contributed by atoms with Crippen molar-refractivity contribution in [2.75, 3.05) is 11.9 Å². The Bertz CT molecular complexity index is 568. The number of anilines is 1. The van der Waals surface area contributed by atoms with Crippen molar-refractivity contribution in [1.29, 1.82) is 0 Å². The number of primary amides is 1. The summed E-state index contributed by atoms with van der Waals surface area (Å²) in [5.41, 5.74) is 0.0787. The molecule has 20 heavy (non-hydrogen) atoms. The molecule has 0 fully saturated rings. The molecule has 0 saturated heterocycles. The van der Waals surface area contributed by atoms with Gasteiger partial charge in [0.25, 0.3) is 9.84 Å². The lowest BCUT2D eigenvalue weighted by Crippen LogP contribution is -2.23. The fourth-order valence-corrected chi connectivity index (χ4v) is 2.14. The van der Waals surface area contributed by atoms with E-state index >= 15 is 0 Å². The third-order valence-electron chi connectivity index (χ3n) is 2.40. The third kappa shape index (κ3) is 4.12. The van der Waals surface area contributed by atoms with Gasteiger partial charge in [-0.25, -0.2) is 8.42 Å². The predicted octanol–water partition coefficient (Wildman–Crippen LogP) is 1.66. The first kappa shape index (κ1) is 16.3. The van der Waals surface area contributed by atoms with Crippen LogP contribution in [0.3, 0.4) is 0 Å². The highest BCUT2D eigenvalue weighted by Crippen LogP contribution is 2.30. The number of hydrogen-bond acceptors (Lipinski definition) is 4. The number of nitrogens with two attached hydrogens (primary N) is 1. The number of halogens is 3. The molecule has 1 aromatic rings. The molecule has 0 aliphatic heterocycles. The van der Waals surface area contributed by atoms with Crippen LogP contribution in [0.1, 0.15) is 12.8 Å². The van der Waals surface area contributed by atoms with Crippen molar-refractivity contribution in [3.63, 3.8) is 0 Å². The van der Waals surface area contributed by atoms with Gasteiger partial charge in [-0.2, -0.15) is 13.2 Å². The van der Waals surface area contributed by atoms with Gasteiger partial charge in [-0.1, -0.05) is 0 Å². The maximum atomic E-state index is 12.3. The van der Waals surface area contributed by atoms with Crippen molar-refractivity contribution >= 4 is 21.4 Å². The number of carbonyl (C=O) groups is 1. The van der Waals surface area contributed by atoms with E-state index in [4.69, 9.17) is 5.73 Å². The number of sulfone groups is 1. The van der Waals surface area contributed by atoms with Gasteiger partial charge in [-0.15, -0.1) is 0 Å². The summed E-state index contributed by atoms with van der Waals surface area (Å²) in [6, 6.07) is 4.20. The molecule has 0 aliphatic rings. The van der Waals surface area contributed by atoms with E-state index in [-0.39, 0.29) is 6.42 Å². The SMILES string of the molecule is NC(=O)CCCNc1ccc(S(=O)(=O)C(F)(F)F)cc1. The van der Waals surface area contributed by atoms with Crippen LogP contribution in [0.25, 0.3) is 0 Å². The molecule has 1 aromatic carbocycles. The quantitative estimate of drug-likeness (QED) is 0.782. The lowest BCUT2D eigenvalue weighted by atomic mass is 10.2. The summed E-state index contributed by atoms with van der Waals surface area (Å²) >= 11 is 0. The fraction of sp³-hybridized carbons (Fsp3) is 0.364. The lowest BCUT2D eigenvalue weighted by Gasteiger charge is -2.09. The monoisotopic (exact) mass is 310 g/mol. The fourth-order valence-electron chi connectivity index (χ4n) is 1.38. The molecule has 0 bridgehead atoms. The van der Waals surface area contributed by atoms with Gasteiger partial charge in [0.05, 0.1) is 4.90 Å². The van der Waals surface area contributed by atoms with Gasteiger partial charge >= 0.3 is 5.51 Å². The number of rotatable bonds is 6. The summed E-state index contributed by atoms with van der Waals surface area (Å²) in [6.07, 6.45) is 0.658. The van der Waals surface area contributed by atoms with Crippen LogP contribution < -0.4 is 11.1 Å². The second-order valence-corrected chi connectivity index (χ2v) is 5.91. The van der Waals surface area contributed by atoms with Gasteiger partial charge < -0.3 is 11.1 Å². The Kier molecular flexibility index (Phi) is 4.98. The molecule has 3 N–H and O–H groups in total. The Labute approximate surface area is 113 Å². The molecular weight excluding hydrogens is 297 g/mol. The van der Waals surface area contributed by atoms with E-state index in [1.807, 2.05) is 0 Å². The molecule has 0 aromatic heterocycles. The molecule has 1 amide bonds. The largest absolute Gasteiger partial charge is 0.501 e. The smallest absolute Gasteiger partial charge is 0.385 e. The highest BCUT2D eigenvalue weighted by molar-refractivity contribution is 7.92. The van der Waals surface area contributed by atoms with E-state index in [1.54, 1.807) is 0 Å². The zero-order chi connectivity index (χ0) is 15.4. The molecule has 0 radical (unpaired) electrons. The Morgan fingerprint density at radius 2 is 1.75 bits per heavy atom. The summed E-state index contributed by atoms with van der Waals surface area (Å²) in [4.78, 5) is 9.67. The average Bonchev–Trinajstić information content (AvgIpc) is 2.33. The first-order valence-corrected chi connectivity index (χ1v) is 7.06.